The van der Waals surface area contributed by atoms with E-state index in [0.717, 1.165) is 5.39 Å². The van der Waals surface area contributed by atoms with E-state index < -0.39 is 11.6 Å². The number of carbonyl (C=O) groups excluding carboxylic acids is 1. The molecule has 0 bridgehead atoms. The number of hydrogen-bond donors (Lipinski definition) is 0. The Hall–Kier alpha value is -1.92. The van der Waals surface area contributed by atoms with Crippen LogP contribution in [-0.2, 0) is 4.74 Å². The maximum absolute atomic E-state index is 12.4. The zero-order chi connectivity index (χ0) is 16.6. The number of para-hydroxylation sites is 1. The van der Waals surface area contributed by atoms with Gasteiger partial charge in [0.15, 0.2) is 0 Å². The molecule has 3 rings (SSSR count). The number of fused-ring (bicyclic) bond motifs is 1. The highest BCUT2D eigenvalue weighted by Crippen LogP contribution is 2.34. The largest absolute Gasteiger partial charge is 0.465 e. The van der Waals surface area contributed by atoms with Crippen LogP contribution in [-0.4, -0.2) is 13.1 Å². The first-order valence-corrected chi connectivity index (χ1v) is 8.20. The van der Waals surface area contributed by atoms with Crippen molar-refractivity contribution in [1.82, 2.24) is 0 Å². The van der Waals surface area contributed by atoms with Crippen LogP contribution in [0.5, 0.6) is 0 Å². The minimum absolute atomic E-state index is 0.274. The lowest BCUT2D eigenvalue weighted by Gasteiger charge is -2.11. The second-order valence-corrected chi connectivity index (χ2v) is 6.56. The van der Waals surface area contributed by atoms with Gasteiger partial charge in [-0.1, -0.05) is 50.1 Å². The highest BCUT2D eigenvalue weighted by atomic mass is 79.9. The van der Waals surface area contributed by atoms with Crippen molar-refractivity contribution in [3.8, 4) is 11.1 Å². The summed E-state index contributed by atoms with van der Waals surface area (Å²) in [5.74, 6) is -0.533. The molecule has 23 heavy (non-hydrogen) atoms. The van der Waals surface area contributed by atoms with Gasteiger partial charge in [-0.3, -0.25) is 0 Å². The molecule has 1 heterocycles. The third-order valence-electron chi connectivity index (χ3n) is 3.37. The lowest BCUT2D eigenvalue weighted by Crippen LogP contribution is -2.09. The SMILES string of the molecule is COC(=O)c1cc(Br)cc(Br)c1-c1cc2ccccc2oc1=O. The Balaban J connectivity index is 2.36. The van der Waals surface area contributed by atoms with Crippen LogP contribution in [0.2, 0.25) is 0 Å². The molecule has 0 aliphatic heterocycles. The van der Waals surface area contributed by atoms with Crippen molar-refractivity contribution < 1.29 is 13.9 Å². The van der Waals surface area contributed by atoms with Gasteiger partial charge in [-0.15, -0.1) is 0 Å². The summed E-state index contributed by atoms with van der Waals surface area (Å²) in [6.45, 7) is 0. The van der Waals surface area contributed by atoms with Gasteiger partial charge >= 0.3 is 11.6 Å². The van der Waals surface area contributed by atoms with Crippen molar-refractivity contribution in [3.63, 3.8) is 0 Å². The number of carbonyl (C=O) groups is 1. The smallest absolute Gasteiger partial charge is 0.344 e. The van der Waals surface area contributed by atoms with Crippen LogP contribution in [0, 0.1) is 0 Å². The molecule has 1 aromatic heterocycles. The van der Waals surface area contributed by atoms with Gasteiger partial charge in [-0.2, -0.15) is 0 Å². The number of benzene rings is 2. The Kier molecular flexibility index (Phi) is 4.37. The van der Waals surface area contributed by atoms with Gasteiger partial charge in [0, 0.05) is 19.9 Å². The average Bonchev–Trinajstić information content (AvgIpc) is 2.53. The minimum Gasteiger partial charge on any atom is -0.465 e. The Morgan fingerprint density at radius 3 is 2.61 bits per heavy atom. The van der Waals surface area contributed by atoms with Gasteiger partial charge in [-0.25, -0.2) is 9.59 Å². The fourth-order valence-corrected chi connectivity index (χ4v) is 3.79. The minimum atomic E-state index is -0.533. The standard InChI is InChI=1S/C17H10Br2O4/c1-22-16(20)12-7-10(18)8-13(19)15(12)11-6-9-4-2-3-5-14(9)23-17(11)21/h2-8H,1H3. The molecule has 4 nitrogen and oxygen atoms in total. The number of methoxy groups -OCH3 is 1. The topological polar surface area (TPSA) is 56.5 Å². The van der Waals surface area contributed by atoms with Crippen LogP contribution < -0.4 is 5.63 Å². The summed E-state index contributed by atoms with van der Waals surface area (Å²) in [6, 6.07) is 12.3. The average molecular weight is 438 g/mol. The van der Waals surface area contributed by atoms with Crippen LogP contribution in [0.4, 0.5) is 0 Å². The number of halogens is 2. The van der Waals surface area contributed by atoms with Crippen molar-refractivity contribution in [2.45, 2.75) is 0 Å². The molecule has 6 heteroatoms. The van der Waals surface area contributed by atoms with E-state index in [0.29, 0.717) is 25.7 Å². The Bertz CT molecular complexity index is 976. The highest BCUT2D eigenvalue weighted by molar-refractivity contribution is 9.11. The molecule has 3 aromatic rings. The Labute approximate surface area is 148 Å². The van der Waals surface area contributed by atoms with Crippen molar-refractivity contribution in [1.29, 1.82) is 0 Å². The van der Waals surface area contributed by atoms with Crippen LogP contribution in [0.3, 0.4) is 0 Å². The Morgan fingerprint density at radius 1 is 1.13 bits per heavy atom. The fourth-order valence-electron chi connectivity index (χ4n) is 2.35. The summed E-state index contributed by atoms with van der Waals surface area (Å²) in [5.41, 5.74) is 0.991. The summed E-state index contributed by atoms with van der Waals surface area (Å²) in [7, 11) is 1.30. The van der Waals surface area contributed by atoms with Crippen LogP contribution in [0.1, 0.15) is 10.4 Å². The van der Waals surface area contributed by atoms with E-state index in [1.807, 2.05) is 12.1 Å². The van der Waals surface area contributed by atoms with E-state index in [1.54, 1.807) is 30.3 Å². The molecule has 0 N–H and O–H groups in total. The molecular formula is C17H10Br2O4. The molecule has 0 fully saturated rings. The van der Waals surface area contributed by atoms with E-state index in [1.165, 1.54) is 7.11 Å². The van der Waals surface area contributed by atoms with Crippen LogP contribution in [0.25, 0.3) is 22.1 Å². The first kappa shape index (κ1) is 16.0. The maximum Gasteiger partial charge on any atom is 0.344 e. The van der Waals surface area contributed by atoms with E-state index in [-0.39, 0.29) is 5.56 Å². The normalized spacial score (nSPS) is 10.7. The Morgan fingerprint density at radius 2 is 1.87 bits per heavy atom. The molecular weight excluding hydrogens is 428 g/mol. The highest BCUT2D eigenvalue weighted by Gasteiger charge is 2.21. The van der Waals surface area contributed by atoms with Crippen molar-refractivity contribution >= 4 is 48.8 Å². The molecule has 0 aliphatic rings. The molecule has 116 valence electrons. The lowest BCUT2D eigenvalue weighted by atomic mass is 10.00. The molecule has 0 spiro atoms. The molecule has 0 aliphatic carbocycles. The fraction of sp³-hybridized carbons (Fsp3) is 0.0588. The second kappa shape index (κ2) is 6.29. The zero-order valence-electron chi connectivity index (χ0n) is 11.9. The molecule has 0 saturated heterocycles. The lowest BCUT2D eigenvalue weighted by molar-refractivity contribution is 0.0601. The molecule has 0 unspecified atom stereocenters. The van der Waals surface area contributed by atoms with Crippen LogP contribution >= 0.6 is 31.9 Å². The van der Waals surface area contributed by atoms with Gasteiger partial charge in [0.05, 0.1) is 18.2 Å². The number of ether oxygens (including phenoxy) is 1. The van der Waals surface area contributed by atoms with Crippen molar-refractivity contribution in [2.75, 3.05) is 7.11 Å². The van der Waals surface area contributed by atoms with E-state index in [4.69, 9.17) is 9.15 Å². The van der Waals surface area contributed by atoms with E-state index in [9.17, 15) is 9.59 Å². The predicted octanol–water partition coefficient (Wildman–Crippen LogP) is 4.77. The first-order chi connectivity index (χ1) is 11.0. The third-order valence-corrected chi connectivity index (χ3v) is 4.45. The van der Waals surface area contributed by atoms with Crippen molar-refractivity contribution in [2.24, 2.45) is 0 Å². The predicted molar refractivity (Wildman–Crippen MR) is 94.7 cm³/mol. The van der Waals surface area contributed by atoms with E-state index in [2.05, 4.69) is 31.9 Å². The summed E-state index contributed by atoms with van der Waals surface area (Å²) in [5, 5.41) is 0.771. The summed E-state index contributed by atoms with van der Waals surface area (Å²) in [6.07, 6.45) is 0. The van der Waals surface area contributed by atoms with Gasteiger partial charge in [0.25, 0.3) is 0 Å². The quantitative estimate of drug-likeness (QED) is 0.428. The number of hydrogen-bond acceptors (Lipinski definition) is 4. The van der Waals surface area contributed by atoms with Crippen molar-refractivity contribution in [3.05, 3.63) is 67.4 Å². The van der Waals surface area contributed by atoms with E-state index >= 15 is 0 Å². The molecule has 0 amide bonds. The van der Waals surface area contributed by atoms with Gasteiger partial charge in [0.1, 0.15) is 5.58 Å². The number of esters is 1. The monoisotopic (exact) mass is 436 g/mol. The van der Waals surface area contributed by atoms with Crippen LogP contribution in [0.15, 0.2) is 60.6 Å². The molecule has 0 saturated carbocycles. The van der Waals surface area contributed by atoms with Gasteiger partial charge in [-0.05, 0) is 24.3 Å². The first-order valence-electron chi connectivity index (χ1n) is 6.62. The summed E-state index contributed by atoms with van der Waals surface area (Å²) in [4.78, 5) is 24.5. The molecule has 0 atom stereocenters. The summed E-state index contributed by atoms with van der Waals surface area (Å²) < 4.78 is 11.5. The third kappa shape index (κ3) is 2.96. The van der Waals surface area contributed by atoms with Gasteiger partial charge in [0.2, 0.25) is 0 Å². The summed E-state index contributed by atoms with van der Waals surface area (Å²) >= 11 is 6.75. The maximum atomic E-state index is 12.4. The number of rotatable bonds is 2. The van der Waals surface area contributed by atoms with Gasteiger partial charge < -0.3 is 9.15 Å². The second-order valence-electron chi connectivity index (χ2n) is 4.79. The molecule has 0 radical (unpaired) electrons. The zero-order valence-corrected chi connectivity index (χ0v) is 15.1. The molecule has 2 aromatic carbocycles.